The van der Waals surface area contributed by atoms with Crippen molar-refractivity contribution >= 4 is 0 Å². The van der Waals surface area contributed by atoms with Crippen molar-refractivity contribution in [2.75, 3.05) is 6.54 Å². The monoisotopic (exact) mass is 166 g/mol. The second kappa shape index (κ2) is 8.11. The molecule has 68 valence electrons. The number of hydrogen-bond donors (Lipinski definition) is 1. The predicted molar refractivity (Wildman–Crippen MR) is 52.5 cm³/mol. The molecule has 12 heavy (non-hydrogen) atoms. The van der Waals surface area contributed by atoms with Crippen molar-refractivity contribution < 1.29 is 1.43 Å². The minimum absolute atomic E-state index is 0. The summed E-state index contributed by atoms with van der Waals surface area (Å²) in [6.07, 6.45) is 14.0. The van der Waals surface area contributed by atoms with Crippen LogP contribution in [0.5, 0.6) is 0 Å². The summed E-state index contributed by atoms with van der Waals surface area (Å²) in [6, 6.07) is 2.85. The smallest absolute Gasteiger partial charge is 0.0635 e. The molecular formula is C10H18N2. The highest BCUT2D eigenvalue weighted by molar-refractivity contribution is 4.76. The van der Waals surface area contributed by atoms with E-state index in [4.69, 9.17) is 5.26 Å². The lowest BCUT2D eigenvalue weighted by atomic mass is 10.2. The Hall–Kier alpha value is -0.990. The van der Waals surface area contributed by atoms with Gasteiger partial charge in [0.05, 0.1) is 6.07 Å². The molecule has 0 aromatic heterocycles. The van der Waals surface area contributed by atoms with Gasteiger partial charge in [0.1, 0.15) is 0 Å². The summed E-state index contributed by atoms with van der Waals surface area (Å²) in [5.41, 5.74) is 0. The van der Waals surface area contributed by atoms with Gasteiger partial charge in [0.2, 0.25) is 0 Å². The molecule has 0 atom stereocenters. The van der Waals surface area contributed by atoms with Gasteiger partial charge in [-0.25, -0.2) is 0 Å². The molecule has 0 aliphatic heterocycles. The summed E-state index contributed by atoms with van der Waals surface area (Å²) in [6.45, 7) is 0.876. The van der Waals surface area contributed by atoms with Gasteiger partial charge in [-0.1, -0.05) is 12.8 Å². The average Bonchev–Trinajstić information content (AvgIpc) is 2.61. The fraction of sp³-hybridized carbons (Fsp3) is 0.700. The Balaban J connectivity index is 0. The van der Waals surface area contributed by atoms with Crippen molar-refractivity contribution in [2.45, 2.75) is 38.1 Å². The molecule has 0 radical (unpaired) electrons. The number of nitrogens with one attached hydrogen (secondary N) is 1. The fourth-order valence-corrected chi connectivity index (χ4v) is 1.46. The maximum atomic E-state index is 8.25. The first-order valence-corrected chi connectivity index (χ1v) is 4.37. The van der Waals surface area contributed by atoms with E-state index in [-0.39, 0.29) is 1.43 Å². The lowest BCUT2D eigenvalue weighted by Crippen LogP contribution is -2.26. The highest BCUT2D eigenvalue weighted by atomic mass is 14.9. The lowest BCUT2D eigenvalue weighted by molar-refractivity contribution is 0.532. The number of rotatable bonds is 3. The first-order valence-electron chi connectivity index (χ1n) is 4.37. The quantitative estimate of drug-likeness (QED) is 0.513. The highest BCUT2D eigenvalue weighted by Gasteiger charge is 2.12. The van der Waals surface area contributed by atoms with Crippen LogP contribution in [0.4, 0.5) is 0 Å². The summed E-state index contributed by atoms with van der Waals surface area (Å²) in [5, 5.41) is 11.6. The first kappa shape index (κ1) is 11.0. The second-order valence-corrected chi connectivity index (χ2v) is 2.84. The van der Waals surface area contributed by atoms with E-state index in [1.807, 2.05) is 0 Å². The summed E-state index contributed by atoms with van der Waals surface area (Å²) < 4.78 is 0. The Kier molecular flexibility index (Phi) is 7.44. The van der Waals surface area contributed by atoms with E-state index in [0.717, 1.165) is 6.54 Å². The Morgan fingerprint density at radius 3 is 2.50 bits per heavy atom. The van der Waals surface area contributed by atoms with Gasteiger partial charge in [-0.05, 0) is 12.8 Å². The standard InChI is InChI=1S/C8H14N2.C2H2.H2/c9-6-3-7-10-8-4-1-2-5-8;1-2;/h8,10H,1-5,7H2;1-2H;1H. The Morgan fingerprint density at radius 2 is 2.00 bits per heavy atom. The molecule has 1 rings (SSSR count). The molecule has 1 aliphatic rings. The molecular weight excluding hydrogens is 148 g/mol. The van der Waals surface area contributed by atoms with E-state index >= 15 is 0 Å². The van der Waals surface area contributed by atoms with Crippen LogP contribution in [-0.2, 0) is 0 Å². The van der Waals surface area contributed by atoms with Crippen LogP contribution in [0.15, 0.2) is 0 Å². The predicted octanol–water partition coefficient (Wildman–Crippen LogP) is 1.93. The first-order chi connectivity index (χ1) is 5.93. The van der Waals surface area contributed by atoms with Gasteiger partial charge < -0.3 is 5.32 Å². The lowest BCUT2D eigenvalue weighted by Gasteiger charge is -2.08. The normalized spacial score (nSPS) is 16.1. The third-order valence-corrected chi connectivity index (χ3v) is 2.02. The van der Waals surface area contributed by atoms with Gasteiger partial charge in [-0.2, -0.15) is 5.26 Å². The molecule has 0 spiro atoms. The molecule has 0 heterocycles. The van der Waals surface area contributed by atoms with Gasteiger partial charge in [-0.15, -0.1) is 12.8 Å². The van der Waals surface area contributed by atoms with Crippen LogP contribution >= 0.6 is 0 Å². The van der Waals surface area contributed by atoms with Crippen LogP contribution in [0.25, 0.3) is 0 Å². The van der Waals surface area contributed by atoms with Crippen LogP contribution in [0, 0.1) is 24.2 Å². The maximum Gasteiger partial charge on any atom is 0.0635 e. The minimum Gasteiger partial charge on any atom is -0.313 e. The van der Waals surface area contributed by atoms with Crippen LogP contribution in [0.2, 0.25) is 0 Å². The molecule has 0 saturated heterocycles. The largest absolute Gasteiger partial charge is 0.313 e. The third-order valence-electron chi connectivity index (χ3n) is 2.02. The molecule has 0 aromatic rings. The fourth-order valence-electron chi connectivity index (χ4n) is 1.46. The van der Waals surface area contributed by atoms with E-state index < -0.39 is 0 Å². The van der Waals surface area contributed by atoms with Crippen molar-refractivity contribution in [1.82, 2.24) is 5.32 Å². The van der Waals surface area contributed by atoms with E-state index in [0.29, 0.717) is 12.5 Å². The SMILES string of the molecule is C#C.N#CCCNC1CCCC1.[HH]. The zero-order valence-electron chi connectivity index (χ0n) is 7.42. The average molecular weight is 166 g/mol. The van der Waals surface area contributed by atoms with Crippen molar-refractivity contribution in [3.8, 4) is 18.9 Å². The van der Waals surface area contributed by atoms with E-state index in [1.54, 1.807) is 0 Å². The Morgan fingerprint density at radius 1 is 1.42 bits per heavy atom. The maximum absolute atomic E-state index is 8.25. The van der Waals surface area contributed by atoms with Crippen LogP contribution in [0.1, 0.15) is 33.5 Å². The number of hydrogen-bond acceptors (Lipinski definition) is 2. The van der Waals surface area contributed by atoms with Gasteiger partial charge in [0.25, 0.3) is 0 Å². The second-order valence-electron chi connectivity index (χ2n) is 2.84. The van der Waals surface area contributed by atoms with Gasteiger partial charge in [-0.3, -0.25) is 0 Å². The van der Waals surface area contributed by atoms with E-state index in [2.05, 4.69) is 24.2 Å². The van der Waals surface area contributed by atoms with Crippen molar-refractivity contribution in [3.63, 3.8) is 0 Å². The van der Waals surface area contributed by atoms with Crippen LogP contribution < -0.4 is 5.32 Å². The molecule has 2 nitrogen and oxygen atoms in total. The molecule has 2 heteroatoms. The molecule has 0 unspecified atom stereocenters. The zero-order chi connectivity index (χ0) is 9.23. The summed E-state index contributed by atoms with van der Waals surface area (Å²) in [7, 11) is 0. The zero-order valence-corrected chi connectivity index (χ0v) is 7.42. The number of nitriles is 1. The molecule has 1 aliphatic carbocycles. The summed E-state index contributed by atoms with van der Waals surface area (Å²) in [4.78, 5) is 0. The summed E-state index contributed by atoms with van der Waals surface area (Å²) in [5.74, 6) is 0. The van der Waals surface area contributed by atoms with Gasteiger partial charge in [0, 0.05) is 20.4 Å². The highest BCUT2D eigenvalue weighted by Crippen LogP contribution is 2.17. The van der Waals surface area contributed by atoms with Crippen molar-refractivity contribution in [3.05, 3.63) is 0 Å². The van der Waals surface area contributed by atoms with Gasteiger partial charge >= 0.3 is 0 Å². The Labute approximate surface area is 76.5 Å². The molecule has 1 saturated carbocycles. The van der Waals surface area contributed by atoms with Crippen molar-refractivity contribution in [2.24, 2.45) is 0 Å². The van der Waals surface area contributed by atoms with Crippen LogP contribution in [-0.4, -0.2) is 12.6 Å². The minimum atomic E-state index is 0. The van der Waals surface area contributed by atoms with Gasteiger partial charge in [0.15, 0.2) is 0 Å². The molecule has 0 aromatic carbocycles. The van der Waals surface area contributed by atoms with Crippen molar-refractivity contribution in [1.29, 1.82) is 5.26 Å². The molecule has 1 fully saturated rings. The topological polar surface area (TPSA) is 35.8 Å². The molecule has 0 bridgehead atoms. The number of terminal acetylenes is 1. The van der Waals surface area contributed by atoms with E-state index in [9.17, 15) is 0 Å². The molecule has 1 N–H and O–H groups in total. The van der Waals surface area contributed by atoms with E-state index in [1.165, 1.54) is 25.7 Å². The number of nitrogens with zero attached hydrogens (tertiary/aromatic N) is 1. The van der Waals surface area contributed by atoms with Crippen LogP contribution in [0.3, 0.4) is 0 Å². The third kappa shape index (κ3) is 4.77. The summed E-state index contributed by atoms with van der Waals surface area (Å²) >= 11 is 0. The molecule has 0 amide bonds. The Bertz CT molecular complexity index is 154.